The smallest absolute Gasteiger partial charge is 0.0784 e. The summed E-state index contributed by atoms with van der Waals surface area (Å²) in [6.45, 7) is 0. The Bertz CT molecular complexity index is 1260. The topological polar surface area (TPSA) is 0 Å². The SMILES string of the molecule is C(#Cc1cccc2cc3ccccc3cc12)c1cc2ccccc2s1. The Labute approximate surface area is 150 Å². The molecule has 0 aliphatic heterocycles. The predicted octanol–water partition coefficient (Wildman–Crippen LogP) is 6.61. The molecule has 0 saturated carbocycles. The molecule has 1 heteroatoms. The van der Waals surface area contributed by atoms with Crippen LogP contribution in [0.3, 0.4) is 0 Å². The van der Waals surface area contributed by atoms with Crippen molar-refractivity contribution < 1.29 is 0 Å². The second-order valence-electron chi connectivity index (χ2n) is 6.12. The average molecular weight is 334 g/mol. The van der Waals surface area contributed by atoms with E-state index in [0.717, 1.165) is 10.4 Å². The van der Waals surface area contributed by atoms with E-state index in [9.17, 15) is 0 Å². The highest BCUT2D eigenvalue weighted by atomic mass is 32.1. The standard InChI is InChI=1S/C24H14S/c1-2-7-19-16-23-17(9-5-10-20(23)14-18(19)6-1)12-13-22-15-21-8-3-4-11-24(21)25-22/h1-11,14-16H. The third-order valence-electron chi connectivity index (χ3n) is 4.49. The van der Waals surface area contributed by atoms with Gasteiger partial charge in [0.1, 0.15) is 0 Å². The Kier molecular flexibility index (Phi) is 3.30. The van der Waals surface area contributed by atoms with Gasteiger partial charge in [-0.3, -0.25) is 0 Å². The van der Waals surface area contributed by atoms with Gasteiger partial charge in [-0.25, -0.2) is 0 Å². The molecule has 25 heavy (non-hydrogen) atoms. The van der Waals surface area contributed by atoms with E-state index in [1.807, 2.05) is 0 Å². The summed E-state index contributed by atoms with van der Waals surface area (Å²) in [5.74, 6) is 6.75. The Morgan fingerprint density at radius 2 is 1.28 bits per heavy atom. The minimum Gasteiger partial charge on any atom is -0.127 e. The number of hydrogen-bond acceptors (Lipinski definition) is 1. The molecule has 0 aliphatic rings. The third-order valence-corrected chi connectivity index (χ3v) is 5.52. The van der Waals surface area contributed by atoms with Crippen molar-refractivity contribution in [3.05, 3.63) is 95.4 Å². The van der Waals surface area contributed by atoms with E-state index < -0.39 is 0 Å². The monoisotopic (exact) mass is 334 g/mol. The molecular weight excluding hydrogens is 320 g/mol. The first kappa shape index (κ1) is 14.3. The largest absolute Gasteiger partial charge is 0.127 e. The molecule has 0 N–H and O–H groups in total. The Morgan fingerprint density at radius 3 is 2.12 bits per heavy atom. The van der Waals surface area contributed by atoms with Gasteiger partial charge >= 0.3 is 0 Å². The van der Waals surface area contributed by atoms with E-state index in [1.54, 1.807) is 11.3 Å². The molecule has 0 atom stereocenters. The minimum absolute atomic E-state index is 1.08. The lowest BCUT2D eigenvalue weighted by Gasteiger charge is -2.04. The molecule has 5 rings (SSSR count). The summed E-state index contributed by atoms with van der Waals surface area (Å²) in [4.78, 5) is 1.11. The summed E-state index contributed by atoms with van der Waals surface area (Å²) in [6, 6.07) is 29.9. The normalized spacial score (nSPS) is 10.9. The summed E-state index contributed by atoms with van der Waals surface area (Å²) >= 11 is 1.75. The van der Waals surface area contributed by atoms with Gasteiger partial charge in [0, 0.05) is 10.3 Å². The zero-order valence-corrected chi connectivity index (χ0v) is 14.3. The van der Waals surface area contributed by atoms with Crippen molar-refractivity contribution in [2.75, 3.05) is 0 Å². The van der Waals surface area contributed by atoms with Gasteiger partial charge < -0.3 is 0 Å². The number of rotatable bonds is 0. The van der Waals surface area contributed by atoms with E-state index in [1.165, 1.54) is 31.6 Å². The van der Waals surface area contributed by atoms with E-state index in [2.05, 4.69) is 96.8 Å². The third kappa shape index (κ3) is 2.58. The average Bonchev–Trinajstić information content (AvgIpc) is 3.07. The van der Waals surface area contributed by atoms with Crippen molar-refractivity contribution in [1.82, 2.24) is 0 Å². The summed E-state index contributed by atoms with van der Waals surface area (Å²) in [5.41, 5.74) is 1.08. The maximum absolute atomic E-state index is 3.39. The first-order valence-electron chi connectivity index (χ1n) is 8.29. The molecule has 0 nitrogen and oxygen atoms in total. The van der Waals surface area contributed by atoms with Crippen LogP contribution in [0.2, 0.25) is 0 Å². The van der Waals surface area contributed by atoms with Gasteiger partial charge in [0.15, 0.2) is 0 Å². The van der Waals surface area contributed by atoms with Gasteiger partial charge in [-0.2, -0.15) is 0 Å². The molecule has 4 aromatic carbocycles. The van der Waals surface area contributed by atoms with Gasteiger partial charge in [-0.15, -0.1) is 11.3 Å². The zero-order valence-electron chi connectivity index (χ0n) is 13.5. The van der Waals surface area contributed by atoms with Crippen molar-refractivity contribution >= 4 is 43.0 Å². The van der Waals surface area contributed by atoms with E-state index in [-0.39, 0.29) is 0 Å². The van der Waals surface area contributed by atoms with Gasteiger partial charge in [-0.05, 0) is 57.3 Å². The molecule has 0 bridgehead atoms. The quantitative estimate of drug-likeness (QED) is 0.221. The van der Waals surface area contributed by atoms with Gasteiger partial charge in [0.25, 0.3) is 0 Å². The van der Waals surface area contributed by atoms with E-state index in [4.69, 9.17) is 0 Å². The van der Waals surface area contributed by atoms with Crippen LogP contribution in [0.5, 0.6) is 0 Å². The molecule has 0 amide bonds. The lowest BCUT2D eigenvalue weighted by Crippen LogP contribution is -1.81. The van der Waals surface area contributed by atoms with Gasteiger partial charge in [-0.1, -0.05) is 66.4 Å². The lowest BCUT2D eigenvalue weighted by molar-refractivity contribution is 1.72. The first-order valence-corrected chi connectivity index (χ1v) is 9.11. The highest BCUT2D eigenvalue weighted by Gasteiger charge is 2.02. The fraction of sp³-hybridized carbons (Fsp3) is 0. The molecule has 1 aromatic heterocycles. The van der Waals surface area contributed by atoms with Crippen LogP contribution in [-0.2, 0) is 0 Å². The van der Waals surface area contributed by atoms with Crippen LogP contribution in [-0.4, -0.2) is 0 Å². The van der Waals surface area contributed by atoms with Crippen LogP contribution < -0.4 is 0 Å². The lowest BCUT2D eigenvalue weighted by atomic mass is 10.00. The minimum atomic E-state index is 1.08. The number of thiophene rings is 1. The fourth-order valence-corrected chi connectivity index (χ4v) is 4.16. The Hall–Kier alpha value is -3.08. The maximum atomic E-state index is 3.39. The molecule has 0 radical (unpaired) electrons. The van der Waals surface area contributed by atoms with Gasteiger partial charge in [0.2, 0.25) is 0 Å². The van der Waals surface area contributed by atoms with Gasteiger partial charge in [0.05, 0.1) is 4.88 Å². The Balaban J connectivity index is 1.66. The van der Waals surface area contributed by atoms with E-state index >= 15 is 0 Å². The summed E-state index contributed by atoms with van der Waals surface area (Å²) in [6.07, 6.45) is 0. The Morgan fingerprint density at radius 1 is 0.560 bits per heavy atom. The number of hydrogen-bond donors (Lipinski definition) is 0. The highest BCUT2D eigenvalue weighted by molar-refractivity contribution is 7.19. The molecule has 0 unspecified atom stereocenters. The first-order chi connectivity index (χ1) is 12.4. The molecular formula is C24H14S. The molecule has 0 spiro atoms. The summed E-state index contributed by atoms with van der Waals surface area (Å²) in [7, 11) is 0. The van der Waals surface area contributed by atoms with Crippen LogP contribution in [0, 0.1) is 11.8 Å². The van der Waals surface area contributed by atoms with Crippen LogP contribution in [0.1, 0.15) is 10.4 Å². The van der Waals surface area contributed by atoms with Crippen molar-refractivity contribution in [3.63, 3.8) is 0 Å². The number of benzene rings is 4. The van der Waals surface area contributed by atoms with Crippen LogP contribution in [0.4, 0.5) is 0 Å². The van der Waals surface area contributed by atoms with Crippen molar-refractivity contribution in [1.29, 1.82) is 0 Å². The van der Waals surface area contributed by atoms with Crippen molar-refractivity contribution in [2.24, 2.45) is 0 Å². The van der Waals surface area contributed by atoms with Crippen LogP contribution in [0.25, 0.3) is 31.6 Å². The molecule has 1 heterocycles. The second-order valence-corrected chi connectivity index (χ2v) is 7.21. The van der Waals surface area contributed by atoms with Crippen LogP contribution >= 0.6 is 11.3 Å². The predicted molar refractivity (Wildman–Crippen MR) is 109 cm³/mol. The van der Waals surface area contributed by atoms with Crippen molar-refractivity contribution in [2.45, 2.75) is 0 Å². The summed E-state index contributed by atoms with van der Waals surface area (Å²) in [5, 5.41) is 6.24. The molecule has 5 aromatic rings. The molecule has 116 valence electrons. The second kappa shape index (κ2) is 5.77. The fourth-order valence-electron chi connectivity index (χ4n) is 3.25. The maximum Gasteiger partial charge on any atom is 0.0784 e. The number of fused-ring (bicyclic) bond motifs is 3. The van der Waals surface area contributed by atoms with Crippen molar-refractivity contribution in [3.8, 4) is 11.8 Å². The molecule has 0 aliphatic carbocycles. The highest BCUT2D eigenvalue weighted by Crippen LogP contribution is 2.26. The zero-order chi connectivity index (χ0) is 16.6. The molecule has 0 fully saturated rings. The molecule has 0 saturated heterocycles. The van der Waals surface area contributed by atoms with E-state index in [0.29, 0.717) is 0 Å². The van der Waals surface area contributed by atoms with Crippen LogP contribution in [0.15, 0.2) is 84.9 Å². The summed E-state index contributed by atoms with van der Waals surface area (Å²) < 4.78 is 1.29.